The highest BCUT2D eigenvalue weighted by atomic mass is 16.5. The minimum atomic E-state index is 0.599. The fraction of sp³-hybridized carbons (Fsp3) is 0.643. The predicted molar refractivity (Wildman–Crippen MR) is 69.0 cm³/mol. The third kappa shape index (κ3) is 3.70. The molecule has 1 unspecified atom stereocenters. The highest BCUT2D eigenvalue weighted by Crippen LogP contribution is 2.30. The molecule has 1 atom stereocenters. The standard InChI is InChI=1S/C14H22N2O/c1-11(8-12-4-3-5-12)15-9-13-6-7-14(17-2)16-10-13/h6-7,10-12,15H,3-5,8-9H2,1-2H3. The van der Waals surface area contributed by atoms with Crippen molar-refractivity contribution in [2.45, 2.75) is 45.2 Å². The van der Waals surface area contributed by atoms with Crippen LogP contribution in [0, 0.1) is 5.92 Å². The van der Waals surface area contributed by atoms with Crippen LogP contribution in [0.3, 0.4) is 0 Å². The van der Waals surface area contributed by atoms with E-state index in [-0.39, 0.29) is 0 Å². The van der Waals surface area contributed by atoms with Gasteiger partial charge in [0.1, 0.15) is 0 Å². The lowest BCUT2D eigenvalue weighted by Crippen LogP contribution is -2.29. The molecule has 1 N–H and O–H groups in total. The van der Waals surface area contributed by atoms with E-state index in [1.807, 2.05) is 12.3 Å². The van der Waals surface area contributed by atoms with Crippen LogP contribution in [-0.4, -0.2) is 18.1 Å². The number of aromatic nitrogens is 1. The quantitative estimate of drug-likeness (QED) is 0.822. The van der Waals surface area contributed by atoms with Crippen molar-refractivity contribution in [1.29, 1.82) is 0 Å². The molecule has 1 fully saturated rings. The minimum absolute atomic E-state index is 0.599. The maximum atomic E-state index is 5.04. The molecule has 17 heavy (non-hydrogen) atoms. The Hall–Kier alpha value is -1.09. The largest absolute Gasteiger partial charge is 0.481 e. The summed E-state index contributed by atoms with van der Waals surface area (Å²) in [6, 6.07) is 4.57. The second-order valence-electron chi connectivity index (χ2n) is 5.02. The van der Waals surface area contributed by atoms with Gasteiger partial charge in [-0.2, -0.15) is 0 Å². The van der Waals surface area contributed by atoms with Crippen molar-refractivity contribution in [2.24, 2.45) is 5.92 Å². The molecule has 1 aromatic rings. The third-order valence-electron chi connectivity index (χ3n) is 3.57. The van der Waals surface area contributed by atoms with Crippen LogP contribution in [0.5, 0.6) is 5.88 Å². The Bertz CT molecular complexity index is 333. The summed E-state index contributed by atoms with van der Waals surface area (Å²) in [5.41, 5.74) is 1.21. The van der Waals surface area contributed by atoms with Crippen molar-refractivity contribution >= 4 is 0 Å². The molecule has 1 saturated carbocycles. The smallest absolute Gasteiger partial charge is 0.212 e. The van der Waals surface area contributed by atoms with Gasteiger partial charge in [-0.1, -0.05) is 25.3 Å². The van der Waals surface area contributed by atoms with Gasteiger partial charge in [-0.25, -0.2) is 4.98 Å². The summed E-state index contributed by atoms with van der Waals surface area (Å²) in [5.74, 6) is 1.64. The second-order valence-corrected chi connectivity index (χ2v) is 5.02. The zero-order valence-corrected chi connectivity index (χ0v) is 10.8. The molecule has 0 aromatic carbocycles. The summed E-state index contributed by atoms with van der Waals surface area (Å²) in [6.07, 6.45) is 7.47. The van der Waals surface area contributed by atoms with Crippen molar-refractivity contribution in [2.75, 3.05) is 7.11 Å². The molecule has 0 amide bonds. The second kappa shape index (κ2) is 6.01. The Kier molecular flexibility index (Phi) is 4.37. The molecule has 94 valence electrons. The Morgan fingerprint density at radius 2 is 2.29 bits per heavy atom. The summed E-state index contributed by atoms with van der Waals surface area (Å²) < 4.78 is 5.04. The number of nitrogens with one attached hydrogen (secondary N) is 1. The average molecular weight is 234 g/mol. The number of rotatable bonds is 6. The van der Waals surface area contributed by atoms with E-state index >= 15 is 0 Å². The maximum absolute atomic E-state index is 5.04. The summed E-state index contributed by atoms with van der Waals surface area (Å²) in [5, 5.41) is 3.55. The van der Waals surface area contributed by atoms with Crippen molar-refractivity contribution < 1.29 is 4.74 Å². The molecule has 2 rings (SSSR count). The Labute approximate surface area is 104 Å². The van der Waals surface area contributed by atoms with E-state index in [1.165, 1.54) is 31.2 Å². The van der Waals surface area contributed by atoms with Gasteiger partial charge in [-0.15, -0.1) is 0 Å². The number of pyridine rings is 1. The fourth-order valence-electron chi connectivity index (χ4n) is 2.24. The van der Waals surface area contributed by atoms with E-state index < -0.39 is 0 Å². The summed E-state index contributed by atoms with van der Waals surface area (Å²) in [7, 11) is 1.64. The van der Waals surface area contributed by atoms with E-state index in [2.05, 4.69) is 23.3 Å². The molecule has 1 aliphatic rings. The lowest BCUT2D eigenvalue weighted by molar-refractivity contribution is 0.265. The zero-order chi connectivity index (χ0) is 12.1. The first-order valence-corrected chi connectivity index (χ1v) is 6.50. The van der Waals surface area contributed by atoms with Crippen LogP contribution in [0.2, 0.25) is 0 Å². The van der Waals surface area contributed by atoms with E-state index in [0.29, 0.717) is 11.9 Å². The Morgan fingerprint density at radius 1 is 1.47 bits per heavy atom. The predicted octanol–water partition coefficient (Wildman–Crippen LogP) is 2.76. The number of methoxy groups -OCH3 is 1. The number of hydrogen-bond donors (Lipinski definition) is 1. The summed E-state index contributed by atoms with van der Waals surface area (Å²) in [4.78, 5) is 4.20. The molecule has 3 nitrogen and oxygen atoms in total. The van der Waals surface area contributed by atoms with Crippen LogP contribution >= 0.6 is 0 Å². The van der Waals surface area contributed by atoms with Gasteiger partial charge in [-0.3, -0.25) is 0 Å². The summed E-state index contributed by atoms with van der Waals surface area (Å²) in [6.45, 7) is 3.17. The molecular weight excluding hydrogens is 212 g/mol. The van der Waals surface area contributed by atoms with E-state index in [0.717, 1.165) is 12.5 Å². The molecule has 0 aliphatic heterocycles. The van der Waals surface area contributed by atoms with E-state index in [1.54, 1.807) is 7.11 Å². The molecule has 0 radical (unpaired) electrons. The third-order valence-corrected chi connectivity index (χ3v) is 3.57. The molecular formula is C14H22N2O. The van der Waals surface area contributed by atoms with Crippen LogP contribution in [0.25, 0.3) is 0 Å². The van der Waals surface area contributed by atoms with Gasteiger partial charge in [0.05, 0.1) is 7.11 Å². The first kappa shape index (κ1) is 12.4. The van der Waals surface area contributed by atoms with Crippen LogP contribution < -0.4 is 10.1 Å². The minimum Gasteiger partial charge on any atom is -0.481 e. The van der Waals surface area contributed by atoms with E-state index in [9.17, 15) is 0 Å². The first-order chi connectivity index (χ1) is 8.28. The van der Waals surface area contributed by atoms with Gasteiger partial charge in [0.2, 0.25) is 5.88 Å². The Morgan fingerprint density at radius 3 is 2.82 bits per heavy atom. The van der Waals surface area contributed by atoms with Crippen LogP contribution in [0.1, 0.15) is 38.2 Å². The van der Waals surface area contributed by atoms with Gasteiger partial charge in [-0.05, 0) is 24.8 Å². The molecule has 1 aliphatic carbocycles. The van der Waals surface area contributed by atoms with E-state index in [4.69, 9.17) is 4.74 Å². The normalized spacial score (nSPS) is 17.5. The molecule has 1 heterocycles. The lowest BCUT2D eigenvalue weighted by Gasteiger charge is -2.28. The molecule has 0 saturated heterocycles. The highest BCUT2D eigenvalue weighted by molar-refractivity contribution is 5.17. The van der Waals surface area contributed by atoms with Crippen LogP contribution in [0.15, 0.2) is 18.3 Å². The van der Waals surface area contributed by atoms with Crippen molar-refractivity contribution in [3.63, 3.8) is 0 Å². The monoisotopic (exact) mass is 234 g/mol. The van der Waals surface area contributed by atoms with Crippen molar-refractivity contribution in [3.8, 4) is 5.88 Å². The maximum Gasteiger partial charge on any atom is 0.212 e. The summed E-state index contributed by atoms with van der Waals surface area (Å²) >= 11 is 0. The average Bonchev–Trinajstić information content (AvgIpc) is 2.32. The Balaban J connectivity index is 1.72. The number of nitrogens with zero attached hydrogens (tertiary/aromatic N) is 1. The molecule has 0 bridgehead atoms. The number of hydrogen-bond acceptors (Lipinski definition) is 3. The number of ether oxygens (including phenoxy) is 1. The van der Waals surface area contributed by atoms with Crippen LogP contribution in [-0.2, 0) is 6.54 Å². The van der Waals surface area contributed by atoms with Crippen molar-refractivity contribution in [1.82, 2.24) is 10.3 Å². The van der Waals surface area contributed by atoms with Gasteiger partial charge in [0.15, 0.2) is 0 Å². The van der Waals surface area contributed by atoms with Gasteiger partial charge in [0.25, 0.3) is 0 Å². The molecule has 3 heteroatoms. The molecule has 0 spiro atoms. The van der Waals surface area contributed by atoms with Gasteiger partial charge in [0, 0.05) is 24.8 Å². The van der Waals surface area contributed by atoms with Crippen LogP contribution in [0.4, 0.5) is 0 Å². The fourth-order valence-corrected chi connectivity index (χ4v) is 2.24. The van der Waals surface area contributed by atoms with Gasteiger partial charge >= 0.3 is 0 Å². The lowest BCUT2D eigenvalue weighted by atomic mass is 9.81. The molecule has 1 aromatic heterocycles. The zero-order valence-electron chi connectivity index (χ0n) is 10.8. The van der Waals surface area contributed by atoms with Gasteiger partial charge < -0.3 is 10.1 Å². The first-order valence-electron chi connectivity index (χ1n) is 6.50. The topological polar surface area (TPSA) is 34.1 Å². The highest BCUT2D eigenvalue weighted by Gasteiger charge is 2.19. The SMILES string of the molecule is COc1ccc(CNC(C)CC2CCC2)cn1. The van der Waals surface area contributed by atoms with Crippen molar-refractivity contribution in [3.05, 3.63) is 23.9 Å².